The van der Waals surface area contributed by atoms with Crippen LogP contribution < -0.4 is 10.2 Å². The second-order valence-electron chi connectivity index (χ2n) is 5.43. The summed E-state index contributed by atoms with van der Waals surface area (Å²) in [4.78, 5) is 49.1. The molecule has 0 spiro atoms. The van der Waals surface area contributed by atoms with E-state index in [1.54, 1.807) is 18.2 Å². The van der Waals surface area contributed by atoms with Gasteiger partial charge in [0.15, 0.2) is 0 Å². The lowest BCUT2D eigenvalue weighted by atomic mass is 10.1. The molecule has 0 bridgehead atoms. The fourth-order valence-corrected chi connectivity index (χ4v) is 2.65. The molecule has 0 aliphatic carbocycles. The highest BCUT2D eigenvalue weighted by Crippen LogP contribution is 2.30. The van der Waals surface area contributed by atoms with E-state index in [1.807, 2.05) is 0 Å². The lowest BCUT2D eigenvalue weighted by Crippen LogP contribution is -2.29. The van der Waals surface area contributed by atoms with E-state index in [2.05, 4.69) is 10.1 Å². The first-order chi connectivity index (χ1) is 11.9. The van der Waals surface area contributed by atoms with Crippen LogP contribution in [0.4, 0.5) is 11.4 Å². The van der Waals surface area contributed by atoms with Crippen molar-refractivity contribution in [3.8, 4) is 0 Å². The molecule has 0 aromatic heterocycles. The Morgan fingerprint density at radius 1 is 1.00 bits per heavy atom. The van der Waals surface area contributed by atoms with Gasteiger partial charge >= 0.3 is 5.97 Å². The number of nitrogens with zero attached hydrogens (tertiary/aromatic N) is 1. The standard InChI is InChI=1S/C18H14N2O5/c1-10(21)19-12-4-3-5-13(9-12)20-16(22)14-7-6-11(18(24)25-2)8-15(14)17(20)23/h3-9H,1-2H3,(H,19,21). The summed E-state index contributed by atoms with van der Waals surface area (Å²) in [6.45, 7) is 1.36. The summed E-state index contributed by atoms with van der Waals surface area (Å²) in [5, 5.41) is 2.60. The molecule has 0 saturated heterocycles. The highest BCUT2D eigenvalue weighted by atomic mass is 16.5. The van der Waals surface area contributed by atoms with Gasteiger partial charge in [0, 0.05) is 12.6 Å². The number of rotatable bonds is 3. The van der Waals surface area contributed by atoms with Crippen LogP contribution in [0.15, 0.2) is 42.5 Å². The topological polar surface area (TPSA) is 92.8 Å². The Bertz CT molecular complexity index is 919. The third kappa shape index (κ3) is 2.87. The van der Waals surface area contributed by atoms with Crippen molar-refractivity contribution in [1.82, 2.24) is 0 Å². The van der Waals surface area contributed by atoms with Crippen LogP contribution in [0.3, 0.4) is 0 Å². The Morgan fingerprint density at radius 3 is 2.40 bits per heavy atom. The number of anilines is 2. The van der Waals surface area contributed by atoms with Crippen molar-refractivity contribution in [1.29, 1.82) is 0 Å². The van der Waals surface area contributed by atoms with Crippen LogP contribution >= 0.6 is 0 Å². The number of esters is 1. The molecule has 0 atom stereocenters. The van der Waals surface area contributed by atoms with E-state index < -0.39 is 17.8 Å². The van der Waals surface area contributed by atoms with Crippen molar-refractivity contribution < 1.29 is 23.9 Å². The number of hydrogen-bond donors (Lipinski definition) is 1. The zero-order valence-electron chi connectivity index (χ0n) is 13.5. The van der Waals surface area contributed by atoms with Crippen LogP contribution in [-0.2, 0) is 9.53 Å². The smallest absolute Gasteiger partial charge is 0.337 e. The molecule has 1 aliphatic rings. The van der Waals surface area contributed by atoms with Gasteiger partial charge in [-0.05, 0) is 36.4 Å². The zero-order chi connectivity index (χ0) is 18.1. The van der Waals surface area contributed by atoms with Crippen molar-refractivity contribution in [2.24, 2.45) is 0 Å². The normalized spacial score (nSPS) is 12.8. The van der Waals surface area contributed by atoms with Crippen molar-refractivity contribution >= 4 is 35.1 Å². The molecular formula is C18H14N2O5. The van der Waals surface area contributed by atoms with Gasteiger partial charge in [-0.1, -0.05) is 6.07 Å². The molecule has 126 valence electrons. The molecule has 7 nitrogen and oxygen atoms in total. The number of benzene rings is 2. The maximum absolute atomic E-state index is 12.7. The van der Waals surface area contributed by atoms with Crippen LogP contribution in [0.5, 0.6) is 0 Å². The number of carbonyl (C=O) groups is 4. The first-order valence-corrected chi connectivity index (χ1v) is 7.41. The number of amides is 3. The first-order valence-electron chi connectivity index (χ1n) is 7.41. The largest absolute Gasteiger partial charge is 0.465 e. The Morgan fingerprint density at radius 2 is 1.72 bits per heavy atom. The molecule has 3 rings (SSSR count). The molecule has 2 aromatic rings. The van der Waals surface area contributed by atoms with E-state index in [1.165, 1.54) is 38.3 Å². The highest BCUT2D eigenvalue weighted by molar-refractivity contribution is 6.34. The van der Waals surface area contributed by atoms with E-state index >= 15 is 0 Å². The Labute approximate surface area is 143 Å². The van der Waals surface area contributed by atoms with Gasteiger partial charge < -0.3 is 10.1 Å². The maximum Gasteiger partial charge on any atom is 0.337 e. The summed E-state index contributed by atoms with van der Waals surface area (Å²) >= 11 is 0. The third-order valence-electron chi connectivity index (χ3n) is 3.73. The molecule has 3 amide bonds. The minimum atomic E-state index is -0.589. The average Bonchev–Trinajstić information content (AvgIpc) is 2.84. The SMILES string of the molecule is COC(=O)c1ccc2c(c1)C(=O)N(c1cccc(NC(C)=O)c1)C2=O. The second-order valence-corrected chi connectivity index (χ2v) is 5.43. The van der Waals surface area contributed by atoms with E-state index in [4.69, 9.17) is 0 Å². The van der Waals surface area contributed by atoms with Crippen molar-refractivity contribution in [2.45, 2.75) is 6.92 Å². The Balaban J connectivity index is 2.00. The quantitative estimate of drug-likeness (QED) is 0.684. The summed E-state index contributed by atoms with van der Waals surface area (Å²) in [6.07, 6.45) is 0. The van der Waals surface area contributed by atoms with Gasteiger partial charge in [-0.3, -0.25) is 14.4 Å². The number of fused-ring (bicyclic) bond motifs is 1. The lowest BCUT2D eigenvalue weighted by Gasteiger charge is -2.15. The van der Waals surface area contributed by atoms with E-state index in [0.717, 1.165) is 4.90 Å². The summed E-state index contributed by atoms with van der Waals surface area (Å²) in [5.74, 6) is -1.88. The van der Waals surface area contributed by atoms with Crippen LogP contribution in [0.1, 0.15) is 38.0 Å². The van der Waals surface area contributed by atoms with Gasteiger partial charge in [-0.15, -0.1) is 0 Å². The molecule has 7 heteroatoms. The number of imide groups is 1. The molecule has 0 unspecified atom stereocenters. The summed E-state index contributed by atoms with van der Waals surface area (Å²) in [6, 6.07) is 10.6. The molecule has 0 saturated carbocycles. The van der Waals surface area contributed by atoms with E-state index in [9.17, 15) is 19.2 Å². The summed E-state index contributed by atoms with van der Waals surface area (Å²) in [7, 11) is 1.24. The number of methoxy groups -OCH3 is 1. The minimum Gasteiger partial charge on any atom is -0.465 e. The predicted molar refractivity (Wildman–Crippen MR) is 89.7 cm³/mol. The van der Waals surface area contributed by atoms with Crippen LogP contribution in [-0.4, -0.2) is 30.8 Å². The van der Waals surface area contributed by atoms with Gasteiger partial charge in [-0.25, -0.2) is 9.69 Å². The molecule has 25 heavy (non-hydrogen) atoms. The molecule has 1 aliphatic heterocycles. The second kappa shape index (κ2) is 6.20. The lowest BCUT2D eigenvalue weighted by molar-refractivity contribution is -0.114. The monoisotopic (exact) mass is 338 g/mol. The Hall–Kier alpha value is -3.48. The van der Waals surface area contributed by atoms with Crippen molar-refractivity contribution in [2.75, 3.05) is 17.3 Å². The first kappa shape index (κ1) is 16.4. The van der Waals surface area contributed by atoms with Gasteiger partial charge in [0.25, 0.3) is 11.8 Å². The third-order valence-corrected chi connectivity index (χ3v) is 3.73. The van der Waals surface area contributed by atoms with Gasteiger partial charge in [0.2, 0.25) is 5.91 Å². The van der Waals surface area contributed by atoms with Gasteiger partial charge in [-0.2, -0.15) is 0 Å². The number of hydrogen-bond acceptors (Lipinski definition) is 5. The van der Waals surface area contributed by atoms with Crippen molar-refractivity contribution in [3.63, 3.8) is 0 Å². The molecule has 1 N–H and O–H groups in total. The summed E-state index contributed by atoms with van der Waals surface area (Å²) < 4.78 is 4.63. The maximum atomic E-state index is 12.7. The van der Waals surface area contributed by atoms with Gasteiger partial charge in [0.1, 0.15) is 0 Å². The van der Waals surface area contributed by atoms with Crippen LogP contribution in [0.2, 0.25) is 0 Å². The molecule has 2 aromatic carbocycles. The van der Waals surface area contributed by atoms with Crippen LogP contribution in [0, 0.1) is 0 Å². The summed E-state index contributed by atoms with van der Waals surface area (Å²) in [5.41, 5.74) is 1.34. The molecule has 0 radical (unpaired) electrons. The van der Waals surface area contributed by atoms with E-state index in [-0.39, 0.29) is 22.6 Å². The molecule has 0 fully saturated rings. The fraction of sp³-hybridized carbons (Fsp3) is 0.111. The number of ether oxygens (including phenoxy) is 1. The zero-order valence-corrected chi connectivity index (χ0v) is 13.5. The number of carbonyl (C=O) groups excluding carboxylic acids is 4. The highest BCUT2D eigenvalue weighted by Gasteiger charge is 2.37. The van der Waals surface area contributed by atoms with Gasteiger partial charge in [0.05, 0.1) is 29.5 Å². The Kier molecular flexibility index (Phi) is 4.06. The van der Waals surface area contributed by atoms with Crippen molar-refractivity contribution in [3.05, 3.63) is 59.2 Å². The van der Waals surface area contributed by atoms with E-state index in [0.29, 0.717) is 11.4 Å². The average molecular weight is 338 g/mol. The van der Waals surface area contributed by atoms with Crippen LogP contribution in [0.25, 0.3) is 0 Å². The molecule has 1 heterocycles. The molecular weight excluding hydrogens is 324 g/mol. The predicted octanol–water partition coefficient (Wildman–Crippen LogP) is 2.23. The minimum absolute atomic E-state index is 0.137. The number of nitrogens with one attached hydrogen (secondary N) is 1. The fourth-order valence-electron chi connectivity index (χ4n) is 2.65.